The molecule has 22 heavy (non-hydrogen) atoms. The van der Waals surface area contributed by atoms with Crippen LogP contribution in [0.4, 0.5) is 5.69 Å². The van der Waals surface area contributed by atoms with Crippen molar-refractivity contribution in [3.05, 3.63) is 59.4 Å². The van der Waals surface area contributed by atoms with Crippen molar-refractivity contribution < 1.29 is 0 Å². The monoisotopic (exact) mass is 292 g/mol. The molecule has 1 atom stereocenters. The Morgan fingerprint density at radius 3 is 2.59 bits per heavy atom. The van der Waals surface area contributed by atoms with Gasteiger partial charge in [0.05, 0.1) is 17.3 Å². The van der Waals surface area contributed by atoms with Crippen LogP contribution in [0.3, 0.4) is 0 Å². The number of aromatic nitrogens is 1. The number of para-hydroxylation sites is 1. The van der Waals surface area contributed by atoms with E-state index in [1.54, 1.807) is 0 Å². The van der Waals surface area contributed by atoms with E-state index in [2.05, 4.69) is 55.1 Å². The molecule has 4 rings (SSSR count). The minimum Gasteiger partial charge on any atom is -0.353 e. The number of aryl methyl sites for hydroxylation is 1. The molecule has 0 saturated heterocycles. The molecule has 0 radical (unpaired) electrons. The third-order valence-electron chi connectivity index (χ3n) is 5.63. The zero-order valence-corrected chi connectivity index (χ0v) is 13.5. The van der Waals surface area contributed by atoms with E-state index in [-0.39, 0.29) is 5.54 Å². The zero-order chi connectivity index (χ0) is 15.2. The number of pyridine rings is 1. The molecule has 2 aliphatic rings. The highest BCUT2D eigenvalue weighted by atomic mass is 15.3. The first kappa shape index (κ1) is 13.8. The van der Waals surface area contributed by atoms with Crippen LogP contribution in [0.25, 0.3) is 0 Å². The van der Waals surface area contributed by atoms with Crippen LogP contribution in [0.5, 0.6) is 0 Å². The summed E-state index contributed by atoms with van der Waals surface area (Å²) in [6.07, 6.45) is 8.42. The Hall–Kier alpha value is -1.83. The summed E-state index contributed by atoms with van der Waals surface area (Å²) in [6, 6.07) is 13.6. The topological polar surface area (TPSA) is 16.1 Å². The van der Waals surface area contributed by atoms with Gasteiger partial charge in [-0.15, -0.1) is 0 Å². The summed E-state index contributed by atoms with van der Waals surface area (Å²) in [4.78, 5) is 7.53. The van der Waals surface area contributed by atoms with Crippen molar-refractivity contribution in [1.82, 2.24) is 4.98 Å². The fraction of sp³-hybridized carbons (Fsp3) is 0.450. The molecule has 1 unspecified atom stereocenters. The summed E-state index contributed by atoms with van der Waals surface area (Å²) in [6.45, 7) is 4.57. The first-order valence-corrected chi connectivity index (χ1v) is 8.54. The lowest BCUT2D eigenvalue weighted by Gasteiger charge is -2.45. The van der Waals surface area contributed by atoms with E-state index in [1.807, 2.05) is 6.20 Å². The highest BCUT2D eigenvalue weighted by molar-refractivity contribution is 5.62. The van der Waals surface area contributed by atoms with Crippen molar-refractivity contribution in [2.24, 2.45) is 0 Å². The predicted molar refractivity (Wildman–Crippen MR) is 91.1 cm³/mol. The summed E-state index contributed by atoms with van der Waals surface area (Å²) < 4.78 is 0. The average Bonchev–Trinajstić information content (AvgIpc) is 2.79. The summed E-state index contributed by atoms with van der Waals surface area (Å²) in [7, 11) is 0. The van der Waals surface area contributed by atoms with E-state index < -0.39 is 0 Å². The molecule has 1 fully saturated rings. The molecule has 2 heteroatoms. The van der Waals surface area contributed by atoms with Gasteiger partial charge in [0.2, 0.25) is 0 Å². The number of benzene rings is 1. The quantitative estimate of drug-likeness (QED) is 0.724. The number of anilines is 1. The minimum absolute atomic E-state index is 0.111. The Morgan fingerprint density at radius 1 is 1.05 bits per heavy atom. The number of nitrogens with zero attached hydrogens (tertiary/aromatic N) is 2. The number of rotatable bonds is 1. The van der Waals surface area contributed by atoms with Gasteiger partial charge >= 0.3 is 0 Å². The van der Waals surface area contributed by atoms with Gasteiger partial charge in [0.25, 0.3) is 0 Å². The minimum atomic E-state index is 0.111. The first-order valence-electron chi connectivity index (χ1n) is 8.54. The molecular formula is C20H24N2. The molecule has 1 aromatic heterocycles. The fourth-order valence-corrected chi connectivity index (χ4v) is 4.65. The lowest BCUT2D eigenvalue weighted by molar-refractivity contribution is 0.278. The van der Waals surface area contributed by atoms with Crippen LogP contribution < -0.4 is 4.90 Å². The largest absolute Gasteiger partial charge is 0.353 e. The standard InChI is InChI=1S/C20H24N2/c1-15-9-4-5-11-18(15)22-16(2)17-10-8-14-21-19(17)20(22)12-6-3-7-13-20/h4-5,8-11,14,16H,3,6-7,12-13H2,1-2H3. The van der Waals surface area contributed by atoms with Crippen LogP contribution in [-0.4, -0.2) is 4.98 Å². The Kier molecular flexibility index (Phi) is 3.21. The van der Waals surface area contributed by atoms with E-state index in [9.17, 15) is 0 Å². The number of hydrogen-bond donors (Lipinski definition) is 0. The summed E-state index contributed by atoms with van der Waals surface area (Å²) in [5.41, 5.74) is 5.63. The molecule has 0 bridgehead atoms. The molecule has 2 heterocycles. The molecule has 1 saturated carbocycles. The maximum absolute atomic E-state index is 4.85. The molecule has 0 N–H and O–H groups in total. The van der Waals surface area contributed by atoms with Crippen molar-refractivity contribution in [3.8, 4) is 0 Å². The van der Waals surface area contributed by atoms with Gasteiger partial charge in [-0.3, -0.25) is 4.98 Å². The van der Waals surface area contributed by atoms with Gasteiger partial charge in [-0.05, 0) is 49.9 Å². The summed E-state index contributed by atoms with van der Waals surface area (Å²) >= 11 is 0. The molecule has 2 nitrogen and oxygen atoms in total. The van der Waals surface area contributed by atoms with Gasteiger partial charge in [-0.2, -0.15) is 0 Å². The fourth-order valence-electron chi connectivity index (χ4n) is 4.65. The van der Waals surface area contributed by atoms with Crippen molar-refractivity contribution >= 4 is 5.69 Å². The third-order valence-corrected chi connectivity index (χ3v) is 5.63. The van der Waals surface area contributed by atoms with Crippen LogP contribution in [0, 0.1) is 6.92 Å². The molecule has 2 aromatic rings. The molecule has 1 aromatic carbocycles. The molecule has 0 amide bonds. The maximum Gasteiger partial charge on any atom is 0.0833 e. The third kappa shape index (κ3) is 1.83. The molecule has 1 aliphatic heterocycles. The molecule has 114 valence electrons. The predicted octanol–water partition coefficient (Wildman–Crippen LogP) is 5.13. The number of fused-ring (bicyclic) bond motifs is 2. The normalized spacial score (nSPS) is 22.8. The van der Waals surface area contributed by atoms with Gasteiger partial charge < -0.3 is 4.90 Å². The summed E-state index contributed by atoms with van der Waals surface area (Å²) in [5, 5.41) is 0. The Labute approximate surface area is 133 Å². The summed E-state index contributed by atoms with van der Waals surface area (Å²) in [5.74, 6) is 0. The highest BCUT2D eigenvalue weighted by Gasteiger charge is 2.50. The molecule has 1 spiro atoms. The lowest BCUT2D eigenvalue weighted by atomic mass is 9.78. The van der Waals surface area contributed by atoms with Crippen molar-refractivity contribution in [2.75, 3.05) is 4.90 Å². The van der Waals surface area contributed by atoms with Crippen LogP contribution in [0.1, 0.15) is 61.9 Å². The van der Waals surface area contributed by atoms with Crippen LogP contribution in [0.15, 0.2) is 42.6 Å². The van der Waals surface area contributed by atoms with E-state index in [0.717, 1.165) is 0 Å². The maximum atomic E-state index is 4.85. The van der Waals surface area contributed by atoms with Gasteiger partial charge in [0.15, 0.2) is 0 Å². The first-order chi connectivity index (χ1) is 10.7. The Morgan fingerprint density at radius 2 is 1.82 bits per heavy atom. The smallest absolute Gasteiger partial charge is 0.0833 e. The van der Waals surface area contributed by atoms with E-state index in [4.69, 9.17) is 4.98 Å². The van der Waals surface area contributed by atoms with E-state index in [0.29, 0.717) is 6.04 Å². The van der Waals surface area contributed by atoms with Crippen molar-refractivity contribution in [3.63, 3.8) is 0 Å². The van der Waals surface area contributed by atoms with Gasteiger partial charge in [0, 0.05) is 11.9 Å². The van der Waals surface area contributed by atoms with Crippen LogP contribution >= 0.6 is 0 Å². The van der Waals surface area contributed by atoms with Crippen LogP contribution in [0.2, 0.25) is 0 Å². The van der Waals surface area contributed by atoms with E-state index in [1.165, 1.54) is 54.6 Å². The Balaban J connectivity index is 1.92. The van der Waals surface area contributed by atoms with Crippen molar-refractivity contribution in [2.45, 2.75) is 57.5 Å². The van der Waals surface area contributed by atoms with Crippen LogP contribution in [-0.2, 0) is 5.54 Å². The van der Waals surface area contributed by atoms with Gasteiger partial charge in [-0.25, -0.2) is 0 Å². The second-order valence-electron chi connectivity index (χ2n) is 6.87. The van der Waals surface area contributed by atoms with Gasteiger partial charge in [0.1, 0.15) is 0 Å². The van der Waals surface area contributed by atoms with Crippen molar-refractivity contribution in [1.29, 1.82) is 0 Å². The Bertz CT molecular complexity index is 686. The second-order valence-corrected chi connectivity index (χ2v) is 6.87. The van der Waals surface area contributed by atoms with Gasteiger partial charge in [-0.1, -0.05) is 43.5 Å². The van der Waals surface area contributed by atoms with E-state index >= 15 is 0 Å². The zero-order valence-electron chi connectivity index (χ0n) is 13.5. The highest BCUT2D eigenvalue weighted by Crippen LogP contribution is 2.54. The second kappa shape index (κ2) is 5.12. The number of hydrogen-bond acceptors (Lipinski definition) is 2. The SMILES string of the molecule is Cc1ccccc1N1C(C)c2cccnc2C12CCCCC2. The average molecular weight is 292 g/mol. The lowest BCUT2D eigenvalue weighted by Crippen LogP contribution is -2.44. The molecule has 1 aliphatic carbocycles. The molecular weight excluding hydrogens is 268 g/mol.